The summed E-state index contributed by atoms with van der Waals surface area (Å²) in [6.07, 6.45) is 0. The molecule has 40 heavy (non-hydrogen) atoms. The van der Waals surface area contributed by atoms with E-state index in [2.05, 4.69) is 184 Å². The highest BCUT2D eigenvalue weighted by molar-refractivity contribution is 5.67. The van der Waals surface area contributed by atoms with Gasteiger partial charge in [-0.3, -0.25) is 0 Å². The van der Waals surface area contributed by atoms with Crippen molar-refractivity contribution in [3.63, 3.8) is 0 Å². The molecule has 0 atom stereocenters. The van der Waals surface area contributed by atoms with Gasteiger partial charge >= 0.3 is 0 Å². The molecule has 0 unspecified atom stereocenters. The van der Waals surface area contributed by atoms with Crippen LogP contribution in [0, 0.1) is 13.8 Å². The maximum Gasteiger partial charge on any atom is 0.0629 e. The lowest BCUT2D eigenvalue weighted by Crippen LogP contribution is -2.52. The summed E-state index contributed by atoms with van der Waals surface area (Å²) in [6, 6.07) is 62.7. The van der Waals surface area contributed by atoms with Gasteiger partial charge in [0.1, 0.15) is 0 Å². The van der Waals surface area contributed by atoms with Crippen molar-refractivity contribution < 1.29 is 0 Å². The monoisotopic (exact) mass is 514 g/mol. The number of benzene rings is 6. The molecule has 6 aromatic rings. The lowest BCUT2D eigenvalue weighted by molar-refractivity contribution is 0.419. The topological polar surface area (TPSA) is 0 Å². The van der Waals surface area contributed by atoms with Crippen LogP contribution in [-0.4, -0.2) is 0 Å². The van der Waals surface area contributed by atoms with Crippen molar-refractivity contribution in [2.45, 2.75) is 24.7 Å². The number of hydrogen-bond donors (Lipinski definition) is 0. The van der Waals surface area contributed by atoms with Gasteiger partial charge in [-0.15, -0.1) is 0 Å². The van der Waals surface area contributed by atoms with Gasteiger partial charge < -0.3 is 0 Å². The van der Waals surface area contributed by atoms with E-state index < -0.39 is 10.8 Å². The fourth-order valence-corrected chi connectivity index (χ4v) is 6.66. The highest BCUT2D eigenvalue weighted by Gasteiger charge is 2.57. The van der Waals surface area contributed by atoms with E-state index in [1.165, 1.54) is 44.5 Å². The number of rotatable bonds is 7. The molecule has 6 aromatic carbocycles. The van der Waals surface area contributed by atoms with Crippen LogP contribution < -0.4 is 0 Å². The Morgan fingerprint density at radius 1 is 0.250 bits per heavy atom. The van der Waals surface area contributed by atoms with Gasteiger partial charge in [0.2, 0.25) is 0 Å². The molecular weight excluding hydrogens is 480 g/mol. The summed E-state index contributed by atoms with van der Waals surface area (Å²) in [6.45, 7) is 4.33. The summed E-state index contributed by atoms with van der Waals surface area (Å²) in [5, 5.41) is 0. The van der Waals surface area contributed by atoms with Crippen molar-refractivity contribution in [2.75, 3.05) is 0 Å². The Bertz CT molecular complexity index is 1440. The first-order valence-corrected chi connectivity index (χ1v) is 14.0. The van der Waals surface area contributed by atoms with Crippen molar-refractivity contribution in [1.82, 2.24) is 0 Å². The lowest BCUT2D eigenvalue weighted by atomic mass is 9.47. The van der Waals surface area contributed by atoms with E-state index in [0.717, 1.165) is 0 Å². The molecule has 6 rings (SSSR count). The van der Waals surface area contributed by atoms with Gasteiger partial charge in [0.25, 0.3) is 0 Å². The molecule has 0 saturated carbocycles. The second kappa shape index (κ2) is 10.8. The van der Waals surface area contributed by atoms with Crippen LogP contribution in [0.5, 0.6) is 0 Å². The molecule has 0 amide bonds. The van der Waals surface area contributed by atoms with Crippen molar-refractivity contribution >= 4 is 0 Å². The van der Waals surface area contributed by atoms with Crippen LogP contribution >= 0.6 is 0 Å². The minimum absolute atomic E-state index is 0.610. The zero-order chi connectivity index (χ0) is 27.4. The van der Waals surface area contributed by atoms with E-state index in [9.17, 15) is 0 Å². The molecule has 0 fully saturated rings. The normalized spacial score (nSPS) is 11.8. The van der Waals surface area contributed by atoms with Crippen LogP contribution in [0.2, 0.25) is 0 Å². The second-order valence-corrected chi connectivity index (χ2v) is 10.7. The van der Waals surface area contributed by atoms with Crippen LogP contribution in [0.15, 0.2) is 170 Å². The first-order valence-electron chi connectivity index (χ1n) is 14.0. The van der Waals surface area contributed by atoms with Crippen molar-refractivity contribution in [3.05, 3.63) is 214 Å². The first-order chi connectivity index (χ1) is 19.7. The zero-order valence-corrected chi connectivity index (χ0v) is 23.2. The van der Waals surface area contributed by atoms with Gasteiger partial charge in [-0.1, -0.05) is 181 Å². The van der Waals surface area contributed by atoms with E-state index in [-0.39, 0.29) is 0 Å². The largest absolute Gasteiger partial charge is 0.0629 e. The highest BCUT2D eigenvalue weighted by atomic mass is 14.6. The van der Waals surface area contributed by atoms with Crippen molar-refractivity contribution in [2.24, 2.45) is 0 Å². The molecular formula is C40H34. The number of aryl methyl sites for hydroxylation is 2. The van der Waals surface area contributed by atoms with Gasteiger partial charge in [0, 0.05) is 0 Å². The predicted molar refractivity (Wildman–Crippen MR) is 168 cm³/mol. The van der Waals surface area contributed by atoms with Crippen LogP contribution in [0.1, 0.15) is 44.5 Å². The summed E-state index contributed by atoms with van der Waals surface area (Å²) >= 11 is 0. The van der Waals surface area contributed by atoms with E-state index in [0.29, 0.717) is 0 Å². The maximum absolute atomic E-state index is 2.34. The summed E-state index contributed by atoms with van der Waals surface area (Å²) in [5.41, 5.74) is 8.78. The molecule has 0 aliphatic heterocycles. The van der Waals surface area contributed by atoms with Crippen LogP contribution in [0.3, 0.4) is 0 Å². The number of hydrogen-bond acceptors (Lipinski definition) is 0. The molecule has 0 heterocycles. The SMILES string of the molecule is Cc1ccc(C(c2ccccc2)(c2ccccc2)C(c2ccccc2)(c2ccccc2)c2ccc(C)cc2)cc1. The molecule has 0 spiro atoms. The smallest absolute Gasteiger partial charge is 0.0622 e. The molecule has 0 heteroatoms. The predicted octanol–water partition coefficient (Wildman–Crippen LogP) is 9.67. The van der Waals surface area contributed by atoms with Gasteiger partial charge in [0.05, 0.1) is 10.8 Å². The Labute approximate surface area is 238 Å². The summed E-state index contributed by atoms with van der Waals surface area (Å²) < 4.78 is 0. The molecule has 0 nitrogen and oxygen atoms in total. The Hall–Kier alpha value is -4.68. The van der Waals surface area contributed by atoms with E-state index >= 15 is 0 Å². The lowest BCUT2D eigenvalue weighted by Gasteiger charge is -2.53. The van der Waals surface area contributed by atoms with Crippen LogP contribution in [0.4, 0.5) is 0 Å². The molecule has 0 N–H and O–H groups in total. The quantitative estimate of drug-likeness (QED) is 0.186. The van der Waals surface area contributed by atoms with Gasteiger partial charge in [-0.05, 0) is 47.2 Å². The second-order valence-electron chi connectivity index (χ2n) is 10.7. The third-order valence-corrected chi connectivity index (χ3v) is 8.36. The standard InChI is InChI=1S/C40H34/c1-31-23-27-37(28-24-31)39(33-15-7-3-8-16-33,34-17-9-4-10-18-34)40(35-19-11-5-12-20-35,36-21-13-6-14-22-36)38-29-25-32(2)26-30-38/h3-30H,1-2H3. The van der Waals surface area contributed by atoms with Crippen LogP contribution in [0.25, 0.3) is 0 Å². The Morgan fingerprint density at radius 2 is 0.450 bits per heavy atom. The summed E-state index contributed by atoms with van der Waals surface area (Å²) in [4.78, 5) is 0. The first kappa shape index (κ1) is 25.6. The Morgan fingerprint density at radius 3 is 0.675 bits per heavy atom. The van der Waals surface area contributed by atoms with Gasteiger partial charge in [-0.25, -0.2) is 0 Å². The summed E-state index contributed by atoms with van der Waals surface area (Å²) in [7, 11) is 0. The van der Waals surface area contributed by atoms with Crippen molar-refractivity contribution in [3.8, 4) is 0 Å². The fourth-order valence-electron chi connectivity index (χ4n) is 6.66. The molecule has 0 aliphatic carbocycles. The zero-order valence-electron chi connectivity index (χ0n) is 23.2. The molecule has 0 radical (unpaired) electrons. The maximum atomic E-state index is 2.34. The molecule has 0 aliphatic rings. The molecule has 0 saturated heterocycles. The van der Waals surface area contributed by atoms with Crippen LogP contribution in [-0.2, 0) is 10.8 Å². The minimum atomic E-state index is -0.610. The van der Waals surface area contributed by atoms with E-state index in [1.54, 1.807) is 0 Å². The average Bonchev–Trinajstić information content (AvgIpc) is 3.03. The Balaban J connectivity index is 1.93. The fraction of sp³-hybridized carbons (Fsp3) is 0.100. The van der Waals surface area contributed by atoms with E-state index in [1.807, 2.05) is 0 Å². The summed E-state index contributed by atoms with van der Waals surface area (Å²) in [5.74, 6) is 0. The van der Waals surface area contributed by atoms with Gasteiger partial charge in [0.15, 0.2) is 0 Å². The average molecular weight is 515 g/mol. The molecule has 194 valence electrons. The highest BCUT2D eigenvalue weighted by Crippen LogP contribution is 2.59. The third kappa shape index (κ3) is 4.08. The minimum Gasteiger partial charge on any atom is -0.0622 e. The van der Waals surface area contributed by atoms with E-state index in [4.69, 9.17) is 0 Å². The van der Waals surface area contributed by atoms with Crippen molar-refractivity contribution in [1.29, 1.82) is 0 Å². The molecule has 0 bridgehead atoms. The van der Waals surface area contributed by atoms with Gasteiger partial charge in [-0.2, -0.15) is 0 Å². The Kier molecular flexibility index (Phi) is 6.93. The third-order valence-electron chi connectivity index (χ3n) is 8.36. The molecule has 0 aromatic heterocycles.